The minimum absolute atomic E-state index is 0.253. The van der Waals surface area contributed by atoms with Crippen LogP contribution in [0.15, 0.2) is 24.7 Å². The molecule has 17 heavy (non-hydrogen) atoms. The zero-order valence-corrected chi connectivity index (χ0v) is 9.05. The summed E-state index contributed by atoms with van der Waals surface area (Å²) in [6.07, 6.45) is 3.52. The van der Waals surface area contributed by atoms with E-state index in [2.05, 4.69) is 25.5 Å². The molecule has 0 aromatic carbocycles. The van der Waals surface area contributed by atoms with E-state index in [0.29, 0.717) is 24.3 Å². The number of H-pyrrole nitrogens is 1. The molecule has 88 valence electrons. The van der Waals surface area contributed by atoms with E-state index in [4.69, 9.17) is 5.73 Å². The molecular weight excluding hydrogens is 220 g/mol. The molecule has 0 saturated carbocycles. The van der Waals surface area contributed by atoms with Gasteiger partial charge in [0.25, 0.3) is 5.91 Å². The molecule has 0 unspecified atom stereocenters. The van der Waals surface area contributed by atoms with Gasteiger partial charge in [-0.2, -0.15) is 5.10 Å². The molecule has 2 aromatic heterocycles. The lowest BCUT2D eigenvalue weighted by Gasteiger charge is -2.03. The zero-order valence-electron chi connectivity index (χ0n) is 9.05. The van der Waals surface area contributed by atoms with Gasteiger partial charge in [-0.25, -0.2) is 4.98 Å². The standard InChI is InChI=1S/C10H12N6O/c11-7-1-3-12-8(5-7)10(17)13-4-2-9-14-6-15-16-9/h1,3,5-6H,2,4H2,(H2,11,12)(H,13,17)(H,14,15,16). The first-order chi connectivity index (χ1) is 8.25. The van der Waals surface area contributed by atoms with Gasteiger partial charge in [0, 0.05) is 24.8 Å². The fraction of sp³-hybridized carbons (Fsp3) is 0.200. The van der Waals surface area contributed by atoms with E-state index in [1.54, 1.807) is 6.07 Å². The molecule has 2 aromatic rings. The van der Waals surface area contributed by atoms with E-state index in [-0.39, 0.29) is 5.91 Å². The van der Waals surface area contributed by atoms with Gasteiger partial charge >= 0.3 is 0 Å². The Bertz CT molecular complexity index is 495. The number of amides is 1. The predicted octanol–water partition coefficient (Wildman–Crippen LogP) is -0.246. The second kappa shape index (κ2) is 5.06. The van der Waals surface area contributed by atoms with Crippen LogP contribution in [0.3, 0.4) is 0 Å². The summed E-state index contributed by atoms with van der Waals surface area (Å²) in [5.74, 6) is 0.475. The van der Waals surface area contributed by atoms with Crippen LogP contribution >= 0.6 is 0 Å². The first kappa shape index (κ1) is 11.1. The smallest absolute Gasteiger partial charge is 0.269 e. The highest BCUT2D eigenvalue weighted by molar-refractivity contribution is 5.92. The summed E-state index contributed by atoms with van der Waals surface area (Å²) >= 11 is 0. The van der Waals surface area contributed by atoms with Crippen molar-refractivity contribution in [3.8, 4) is 0 Å². The van der Waals surface area contributed by atoms with Crippen LogP contribution in [0.5, 0.6) is 0 Å². The number of pyridine rings is 1. The van der Waals surface area contributed by atoms with E-state index < -0.39 is 0 Å². The topological polar surface area (TPSA) is 110 Å². The van der Waals surface area contributed by atoms with Crippen LogP contribution in [0.25, 0.3) is 0 Å². The Morgan fingerprint density at radius 2 is 2.35 bits per heavy atom. The third kappa shape index (κ3) is 3.00. The maximum Gasteiger partial charge on any atom is 0.269 e. The van der Waals surface area contributed by atoms with Gasteiger partial charge in [-0.3, -0.25) is 14.9 Å². The van der Waals surface area contributed by atoms with Crippen LogP contribution < -0.4 is 11.1 Å². The summed E-state index contributed by atoms with van der Waals surface area (Å²) in [5, 5.41) is 9.14. The molecule has 2 heterocycles. The highest BCUT2D eigenvalue weighted by atomic mass is 16.1. The van der Waals surface area contributed by atoms with E-state index in [1.807, 2.05) is 0 Å². The Balaban J connectivity index is 1.85. The summed E-state index contributed by atoms with van der Waals surface area (Å²) < 4.78 is 0. The lowest BCUT2D eigenvalue weighted by Crippen LogP contribution is -2.26. The Hall–Kier alpha value is -2.44. The maximum absolute atomic E-state index is 11.6. The molecular formula is C10H12N6O. The second-order valence-electron chi connectivity index (χ2n) is 3.41. The van der Waals surface area contributed by atoms with Crippen molar-refractivity contribution in [3.63, 3.8) is 0 Å². The number of anilines is 1. The molecule has 0 saturated heterocycles. The number of carbonyl (C=O) groups excluding carboxylic acids is 1. The number of hydrogen-bond acceptors (Lipinski definition) is 5. The average molecular weight is 232 g/mol. The molecule has 0 aliphatic carbocycles. The first-order valence-electron chi connectivity index (χ1n) is 5.09. The van der Waals surface area contributed by atoms with Gasteiger partial charge in [-0.1, -0.05) is 0 Å². The number of aromatic nitrogens is 4. The van der Waals surface area contributed by atoms with Crippen LogP contribution in [-0.2, 0) is 6.42 Å². The minimum Gasteiger partial charge on any atom is -0.399 e. The number of nitrogens with two attached hydrogens (primary N) is 1. The zero-order chi connectivity index (χ0) is 12.1. The van der Waals surface area contributed by atoms with Gasteiger partial charge in [-0.05, 0) is 12.1 Å². The number of nitrogen functional groups attached to an aromatic ring is 1. The molecule has 0 aliphatic heterocycles. The van der Waals surface area contributed by atoms with Gasteiger partial charge in [0.05, 0.1) is 0 Å². The third-order valence-corrected chi connectivity index (χ3v) is 2.13. The van der Waals surface area contributed by atoms with Crippen molar-refractivity contribution in [1.82, 2.24) is 25.5 Å². The summed E-state index contributed by atoms with van der Waals surface area (Å²) in [6, 6.07) is 3.16. The number of rotatable bonds is 4. The van der Waals surface area contributed by atoms with Crippen molar-refractivity contribution in [2.75, 3.05) is 12.3 Å². The maximum atomic E-state index is 11.6. The Morgan fingerprint density at radius 1 is 1.47 bits per heavy atom. The van der Waals surface area contributed by atoms with E-state index in [1.165, 1.54) is 18.6 Å². The van der Waals surface area contributed by atoms with Gasteiger partial charge in [0.1, 0.15) is 17.8 Å². The summed E-state index contributed by atoms with van der Waals surface area (Å²) in [4.78, 5) is 19.5. The SMILES string of the molecule is Nc1ccnc(C(=O)NCCc2ncn[nH]2)c1. The molecule has 0 spiro atoms. The molecule has 0 fully saturated rings. The average Bonchev–Trinajstić information content (AvgIpc) is 2.82. The van der Waals surface area contributed by atoms with Crippen molar-refractivity contribution in [2.45, 2.75) is 6.42 Å². The van der Waals surface area contributed by atoms with Crippen molar-refractivity contribution in [2.24, 2.45) is 0 Å². The Morgan fingerprint density at radius 3 is 3.06 bits per heavy atom. The summed E-state index contributed by atoms with van der Waals surface area (Å²) in [6.45, 7) is 0.463. The van der Waals surface area contributed by atoms with Gasteiger partial charge in [0.2, 0.25) is 0 Å². The molecule has 2 rings (SSSR count). The van der Waals surface area contributed by atoms with Gasteiger partial charge in [-0.15, -0.1) is 0 Å². The van der Waals surface area contributed by atoms with Crippen LogP contribution in [0.2, 0.25) is 0 Å². The minimum atomic E-state index is -0.253. The van der Waals surface area contributed by atoms with Gasteiger partial charge in [0.15, 0.2) is 0 Å². The van der Waals surface area contributed by atoms with Crippen molar-refractivity contribution >= 4 is 11.6 Å². The number of hydrogen-bond donors (Lipinski definition) is 3. The van der Waals surface area contributed by atoms with E-state index in [9.17, 15) is 4.79 Å². The normalized spacial score (nSPS) is 10.1. The lowest BCUT2D eigenvalue weighted by molar-refractivity contribution is 0.0949. The van der Waals surface area contributed by atoms with Crippen LogP contribution in [-0.4, -0.2) is 32.6 Å². The second-order valence-corrected chi connectivity index (χ2v) is 3.41. The van der Waals surface area contributed by atoms with E-state index in [0.717, 1.165) is 5.82 Å². The number of nitrogens with zero attached hydrogens (tertiary/aromatic N) is 3. The third-order valence-electron chi connectivity index (χ3n) is 2.13. The van der Waals surface area contributed by atoms with Crippen LogP contribution in [0, 0.1) is 0 Å². The summed E-state index contributed by atoms with van der Waals surface area (Å²) in [5.41, 5.74) is 6.38. The molecule has 4 N–H and O–H groups in total. The monoisotopic (exact) mass is 232 g/mol. The quantitative estimate of drug-likeness (QED) is 0.673. The highest BCUT2D eigenvalue weighted by Gasteiger charge is 2.06. The van der Waals surface area contributed by atoms with Crippen molar-refractivity contribution < 1.29 is 4.79 Å². The van der Waals surface area contributed by atoms with Crippen LogP contribution in [0.1, 0.15) is 16.3 Å². The van der Waals surface area contributed by atoms with E-state index >= 15 is 0 Å². The molecule has 0 radical (unpaired) electrons. The van der Waals surface area contributed by atoms with Gasteiger partial charge < -0.3 is 11.1 Å². The Kier molecular flexibility index (Phi) is 3.29. The molecule has 0 aliphatic rings. The fourth-order valence-corrected chi connectivity index (χ4v) is 1.31. The largest absolute Gasteiger partial charge is 0.399 e. The molecule has 1 amide bonds. The molecule has 0 atom stereocenters. The van der Waals surface area contributed by atoms with Crippen molar-refractivity contribution in [3.05, 3.63) is 36.2 Å². The summed E-state index contributed by atoms with van der Waals surface area (Å²) in [7, 11) is 0. The van der Waals surface area contributed by atoms with Crippen molar-refractivity contribution in [1.29, 1.82) is 0 Å². The molecule has 7 nitrogen and oxygen atoms in total. The highest BCUT2D eigenvalue weighted by Crippen LogP contribution is 2.02. The lowest BCUT2D eigenvalue weighted by atomic mass is 10.3. The number of aromatic amines is 1. The Labute approximate surface area is 97.5 Å². The molecule has 7 heteroatoms. The van der Waals surface area contributed by atoms with Crippen LogP contribution in [0.4, 0.5) is 5.69 Å². The number of nitrogens with one attached hydrogen (secondary N) is 2. The number of carbonyl (C=O) groups is 1. The fourth-order valence-electron chi connectivity index (χ4n) is 1.31. The first-order valence-corrected chi connectivity index (χ1v) is 5.09. The molecule has 0 bridgehead atoms. The predicted molar refractivity (Wildman–Crippen MR) is 61.1 cm³/mol.